The number of methoxy groups -OCH3 is 1. The summed E-state index contributed by atoms with van der Waals surface area (Å²) in [5.41, 5.74) is 1.86. The number of hydrogen-bond acceptors (Lipinski definition) is 5. The molecule has 0 aliphatic heterocycles. The van der Waals surface area contributed by atoms with Crippen LogP contribution in [0.2, 0.25) is 0 Å². The van der Waals surface area contributed by atoms with Crippen LogP contribution in [0.15, 0.2) is 47.4 Å². The highest BCUT2D eigenvalue weighted by Crippen LogP contribution is 2.35. The number of hydrogen-bond donors (Lipinski definition) is 0. The van der Waals surface area contributed by atoms with E-state index in [9.17, 15) is 13.2 Å². The molecule has 0 N–H and O–H groups in total. The molecule has 2 rings (SSSR count). The molecule has 0 spiro atoms. The molecule has 0 amide bonds. The summed E-state index contributed by atoms with van der Waals surface area (Å²) in [6.45, 7) is 4.19. The maximum absolute atomic E-state index is 13.8. The van der Waals surface area contributed by atoms with E-state index in [1.165, 1.54) is 0 Å². The molecule has 2 aromatic carbocycles. The first kappa shape index (κ1) is 27.9. The second-order valence-corrected chi connectivity index (χ2v) is 11.5. The maximum atomic E-state index is 13.8. The molecular weight excluding hydrogens is 446 g/mol. The average Bonchev–Trinajstić information content (AvgIpc) is 2.82. The minimum absolute atomic E-state index is 0.135. The van der Waals surface area contributed by atoms with Crippen LogP contribution in [-0.4, -0.2) is 41.7 Å². The third-order valence-corrected chi connectivity index (χ3v) is 8.51. The smallest absolute Gasteiger partial charge is 0.179 e. The third kappa shape index (κ3) is 7.59. The van der Waals surface area contributed by atoms with E-state index in [0.717, 1.165) is 61.0 Å². The molecule has 0 aliphatic rings. The van der Waals surface area contributed by atoms with Gasteiger partial charge in [-0.2, -0.15) is 0 Å². The highest BCUT2D eigenvalue weighted by molar-refractivity contribution is 7.91. The van der Waals surface area contributed by atoms with Crippen LogP contribution in [0.1, 0.15) is 69.9 Å². The van der Waals surface area contributed by atoms with Crippen molar-refractivity contribution >= 4 is 21.8 Å². The first-order valence-corrected chi connectivity index (χ1v) is 14.0. The van der Waals surface area contributed by atoms with Gasteiger partial charge in [0.25, 0.3) is 0 Å². The van der Waals surface area contributed by atoms with Crippen molar-refractivity contribution in [2.45, 2.75) is 70.1 Å². The third-order valence-electron chi connectivity index (χ3n) is 6.48. The van der Waals surface area contributed by atoms with Crippen LogP contribution in [0.5, 0.6) is 5.75 Å². The number of carbonyl (C=O) groups excluding carboxylic acids is 1. The number of carbonyl (C=O) groups is 1. The van der Waals surface area contributed by atoms with E-state index in [2.05, 4.69) is 13.8 Å². The fourth-order valence-corrected chi connectivity index (χ4v) is 6.46. The molecule has 0 radical (unpaired) electrons. The molecule has 0 heterocycles. The van der Waals surface area contributed by atoms with Gasteiger partial charge in [0.05, 0.1) is 17.8 Å². The van der Waals surface area contributed by atoms with E-state index in [1.54, 1.807) is 13.2 Å². The van der Waals surface area contributed by atoms with E-state index < -0.39 is 15.3 Å². The molecule has 2 aromatic rings. The normalized spacial score (nSPS) is 13.3. The van der Waals surface area contributed by atoms with Crippen LogP contribution >= 0.6 is 0 Å². The second kappa shape index (κ2) is 12.9. The fraction of sp³-hybridized carbons (Fsp3) is 0.536. The zero-order chi connectivity index (χ0) is 25.2. The Labute approximate surface area is 206 Å². The van der Waals surface area contributed by atoms with Crippen LogP contribution < -0.4 is 9.64 Å². The van der Waals surface area contributed by atoms with Crippen LogP contribution in [0.3, 0.4) is 0 Å². The minimum atomic E-state index is -3.68. The number of sulfone groups is 1. The van der Waals surface area contributed by atoms with Gasteiger partial charge in [-0.3, -0.25) is 0 Å². The van der Waals surface area contributed by atoms with Crippen molar-refractivity contribution in [3.8, 4) is 5.75 Å². The van der Waals surface area contributed by atoms with Crippen molar-refractivity contribution in [3.63, 3.8) is 0 Å². The lowest BCUT2D eigenvalue weighted by Gasteiger charge is -2.28. The van der Waals surface area contributed by atoms with Crippen LogP contribution in [0.25, 0.3) is 0 Å². The highest BCUT2D eigenvalue weighted by Gasteiger charge is 2.36. The van der Waals surface area contributed by atoms with Gasteiger partial charge in [0.2, 0.25) is 0 Å². The molecule has 6 heteroatoms. The summed E-state index contributed by atoms with van der Waals surface area (Å²) < 4.78 is 32.9. The lowest BCUT2D eigenvalue weighted by atomic mass is 9.81. The van der Waals surface area contributed by atoms with Gasteiger partial charge in [-0.25, -0.2) is 8.42 Å². The number of benzene rings is 2. The molecule has 34 heavy (non-hydrogen) atoms. The standard InChI is InChI=1S/C28H41NO4S/c1-6-8-10-18-28(21-30,17-9-7-2)22-34(31,32)27-16-13-25(29(3)4)20-24(27)19-23-11-14-26(33-5)15-12-23/h11-16,20-21H,6-10,17-19,22H2,1-5H3. The largest absolute Gasteiger partial charge is 0.497 e. The quantitative estimate of drug-likeness (QED) is 0.225. The number of nitrogens with zero attached hydrogens (tertiary/aromatic N) is 1. The SMILES string of the molecule is CCCCCC(C=O)(CCCC)CS(=O)(=O)c1ccc(N(C)C)cc1Cc1ccc(OC)cc1. The minimum Gasteiger partial charge on any atom is -0.497 e. The molecule has 0 saturated heterocycles. The van der Waals surface area contributed by atoms with Crippen LogP contribution in [-0.2, 0) is 21.1 Å². The summed E-state index contributed by atoms with van der Waals surface area (Å²) in [5.74, 6) is 0.627. The number of aldehydes is 1. The van der Waals surface area contributed by atoms with Gasteiger partial charge in [-0.05, 0) is 60.7 Å². The first-order chi connectivity index (χ1) is 16.2. The van der Waals surface area contributed by atoms with Gasteiger partial charge in [0.1, 0.15) is 12.0 Å². The molecule has 5 nitrogen and oxygen atoms in total. The van der Waals surface area contributed by atoms with Gasteiger partial charge in [0.15, 0.2) is 9.84 Å². The average molecular weight is 488 g/mol. The van der Waals surface area contributed by atoms with E-state index >= 15 is 0 Å². The Morgan fingerprint density at radius 1 is 0.941 bits per heavy atom. The Hall–Kier alpha value is -2.34. The summed E-state index contributed by atoms with van der Waals surface area (Å²) in [6.07, 6.45) is 7.32. The zero-order valence-corrected chi connectivity index (χ0v) is 22.3. The maximum Gasteiger partial charge on any atom is 0.179 e. The Morgan fingerprint density at radius 2 is 1.59 bits per heavy atom. The van der Waals surface area contributed by atoms with Crippen molar-refractivity contribution in [3.05, 3.63) is 53.6 Å². The van der Waals surface area contributed by atoms with Crippen molar-refractivity contribution < 1.29 is 17.9 Å². The topological polar surface area (TPSA) is 63.7 Å². The molecule has 0 aliphatic carbocycles. The monoisotopic (exact) mass is 487 g/mol. The molecule has 0 fully saturated rings. The van der Waals surface area contributed by atoms with Crippen molar-refractivity contribution in [1.82, 2.24) is 0 Å². The lowest BCUT2D eigenvalue weighted by Crippen LogP contribution is -2.32. The predicted octanol–water partition coefficient (Wildman–Crippen LogP) is 6.08. The summed E-state index contributed by atoms with van der Waals surface area (Å²) in [4.78, 5) is 14.6. The number of ether oxygens (including phenoxy) is 1. The first-order valence-electron chi connectivity index (χ1n) is 12.3. The van der Waals surface area contributed by atoms with Gasteiger partial charge < -0.3 is 14.4 Å². The van der Waals surface area contributed by atoms with E-state index in [-0.39, 0.29) is 5.75 Å². The lowest BCUT2D eigenvalue weighted by molar-refractivity contribution is -0.116. The summed E-state index contributed by atoms with van der Waals surface area (Å²) in [5, 5.41) is 0. The van der Waals surface area contributed by atoms with Crippen molar-refractivity contribution in [1.29, 1.82) is 0 Å². The van der Waals surface area contributed by atoms with Crippen LogP contribution in [0, 0.1) is 5.41 Å². The number of rotatable bonds is 15. The molecular formula is C28H41NO4S. The highest BCUT2D eigenvalue weighted by atomic mass is 32.2. The van der Waals surface area contributed by atoms with Gasteiger partial charge >= 0.3 is 0 Å². The summed E-state index contributed by atoms with van der Waals surface area (Å²) in [6, 6.07) is 13.2. The Morgan fingerprint density at radius 3 is 2.15 bits per heavy atom. The number of unbranched alkanes of at least 4 members (excludes halogenated alkanes) is 3. The Balaban J connectivity index is 2.46. The van der Waals surface area contributed by atoms with E-state index in [4.69, 9.17) is 4.74 Å². The fourth-order valence-electron chi connectivity index (χ4n) is 4.38. The van der Waals surface area contributed by atoms with Gasteiger partial charge in [0, 0.05) is 25.2 Å². The molecule has 1 unspecified atom stereocenters. The molecule has 0 bridgehead atoms. The Kier molecular flexibility index (Phi) is 10.6. The zero-order valence-electron chi connectivity index (χ0n) is 21.5. The van der Waals surface area contributed by atoms with E-state index in [0.29, 0.717) is 24.2 Å². The van der Waals surface area contributed by atoms with Crippen molar-refractivity contribution in [2.24, 2.45) is 5.41 Å². The molecule has 188 valence electrons. The number of anilines is 1. The van der Waals surface area contributed by atoms with E-state index in [1.807, 2.05) is 55.4 Å². The summed E-state index contributed by atoms with van der Waals surface area (Å²) in [7, 11) is 1.83. The Bertz CT molecular complexity index is 1020. The summed E-state index contributed by atoms with van der Waals surface area (Å²) >= 11 is 0. The molecule has 0 saturated carbocycles. The second-order valence-electron chi connectivity index (χ2n) is 9.51. The van der Waals surface area contributed by atoms with Crippen molar-refractivity contribution in [2.75, 3.05) is 31.9 Å². The predicted molar refractivity (Wildman–Crippen MR) is 141 cm³/mol. The molecule has 0 aromatic heterocycles. The van der Waals surface area contributed by atoms with Gasteiger partial charge in [-0.15, -0.1) is 0 Å². The molecule has 1 atom stereocenters. The van der Waals surface area contributed by atoms with Gasteiger partial charge in [-0.1, -0.05) is 58.1 Å². The van der Waals surface area contributed by atoms with Crippen LogP contribution in [0.4, 0.5) is 5.69 Å².